The first kappa shape index (κ1) is 10.5. The van der Waals surface area contributed by atoms with Crippen molar-refractivity contribution in [3.8, 4) is 30.2 Å². The minimum atomic E-state index is -0.237. The summed E-state index contributed by atoms with van der Waals surface area (Å²) >= 11 is 2.36. The fourth-order valence-electron chi connectivity index (χ4n) is 0.785. The lowest BCUT2D eigenvalue weighted by Gasteiger charge is -1.91. The molecular formula is C9H4N2OS2. The van der Waals surface area contributed by atoms with Crippen LogP contribution in [-0.2, 0) is 0 Å². The summed E-state index contributed by atoms with van der Waals surface area (Å²) in [7, 11) is 0. The number of nitriles is 2. The van der Waals surface area contributed by atoms with E-state index in [1.165, 1.54) is 11.8 Å². The second kappa shape index (κ2) is 4.58. The Balaban J connectivity index is 3.14. The lowest BCUT2D eigenvalue weighted by Crippen LogP contribution is -1.74. The topological polar surface area (TPSA) is 67.8 Å². The quantitative estimate of drug-likeness (QED) is 0.610. The first-order valence-electron chi connectivity index (χ1n) is 3.46. The van der Waals surface area contributed by atoms with Crippen molar-refractivity contribution < 1.29 is 5.11 Å². The molecule has 68 valence electrons. The molecule has 5 heteroatoms. The normalized spacial score (nSPS) is 8.64. The molecule has 1 aromatic rings. The number of thioether (sulfide) groups is 1. The highest BCUT2D eigenvalue weighted by Crippen LogP contribution is 2.39. The molecule has 3 nitrogen and oxygen atoms in total. The van der Waals surface area contributed by atoms with Crippen molar-refractivity contribution in [2.24, 2.45) is 0 Å². The smallest absolute Gasteiger partial charge is 0.163 e. The molecule has 0 unspecified atom stereocenters. The molecule has 0 aromatic carbocycles. The molecule has 0 radical (unpaired) electrons. The van der Waals surface area contributed by atoms with Crippen LogP contribution in [0.4, 0.5) is 0 Å². The second-order valence-corrected chi connectivity index (χ2v) is 4.42. The largest absolute Gasteiger partial charge is 0.504 e. The van der Waals surface area contributed by atoms with Crippen LogP contribution in [0.15, 0.2) is 4.21 Å². The molecule has 0 atom stereocenters. The Bertz CT molecular complexity index is 471. The van der Waals surface area contributed by atoms with Gasteiger partial charge in [0.25, 0.3) is 0 Å². The van der Waals surface area contributed by atoms with Gasteiger partial charge in [-0.15, -0.1) is 29.5 Å². The molecule has 1 aromatic heterocycles. The standard InChI is InChI=1S/C9H4N2OS2/c1-2-3-13-9-6(4-10)8(12)7(5-11)14-9/h1,12H,3H2. The molecular weight excluding hydrogens is 216 g/mol. The molecule has 1 N–H and O–H groups in total. The highest BCUT2D eigenvalue weighted by molar-refractivity contribution is 8.01. The van der Waals surface area contributed by atoms with Crippen LogP contribution >= 0.6 is 23.1 Å². The fourth-order valence-corrected chi connectivity index (χ4v) is 2.62. The van der Waals surface area contributed by atoms with Crippen LogP contribution in [0.5, 0.6) is 5.75 Å². The van der Waals surface area contributed by atoms with Crippen molar-refractivity contribution in [1.29, 1.82) is 10.5 Å². The summed E-state index contributed by atoms with van der Waals surface area (Å²) in [6, 6.07) is 3.67. The highest BCUT2D eigenvalue weighted by atomic mass is 32.2. The maximum absolute atomic E-state index is 9.41. The Morgan fingerprint density at radius 2 is 2.14 bits per heavy atom. The van der Waals surface area contributed by atoms with Gasteiger partial charge in [0.15, 0.2) is 5.75 Å². The maximum atomic E-state index is 9.41. The molecule has 0 amide bonds. The first-order valence-corrected chi connectivity index (χ1v) is 5.27. The van der Waals surface area contributed by atoms with Crippen LogP contribution in [0, 0.1) is 35.0 Å². The number of hydrogen-bond acceptors (Lipinski definition) is 5. The van der Waals surface area contributed by atoms with Crippen LogP contribution in [0.2, 0.25) is 0 Å². The summed E-state index contributed by atoms with van der Waals surface area (Å²) in [5.74, 6) is 2.59. The van der Waals surface area contributed by atoms with E-state index >= 15 is 0 Å². The van der Waals surface area contributed by atoms with E-state index < -0.39 is 0 Å². The third-order valence-electron chi connectivity index (χ3n) is 1.35. The molecule has 0 aliphatic heterocycles. The van der Waals surface area contributed by atoms with Gasteiger partial charge in [-0.05, 0) is 0 Å². The minimum Gasteiger partial charge on any atom is -0.504 e. The van der Waals surface area contributed by atoms with E-state index in [9.17, 15) is 5.11 Å². The zero-order valence-electron chi connectivity index (χ0n) is 6.94. The average molecular weight is 220 g/mol. The van der Waals surface area contributed by atoms with Gasteiger partial charge in [0.05, 0.1) is 9.96 Å². The van der Waals surface area contributed by atoms with Crippen LogP contribution in [0.25, 0.3) is 0 Å². The number of aromatic hydroxyl groups is 1. The molecule has 0 bridgehead atoms. The third-order valence-corrected chi connectivity index (χ3v) is 3.61. The van der Waals surface area contributed by atoms with Gasteiger partial charge in [-0.3, -0.25) is 0 Å². The Kier molecular flexibility index (Phi) is 3.42. The van der Waals surface area contributed by atoms with Crippen LogP contribution in [0.3, 0.4) is 0 Å². The fraction of sp³-hybridized carbons (Fsp3) is 0.111. The lowest BCUT2D eigenvalue weighted by atomic mass is 10.3. The Morgan fingerprint density at radius 1 is 1.43 bits per heavy atom. The Morgan fingerprint density at radius 3 is 2.64 bits per heavy atom. The average Bonchev–Trinajstić information content (AvgIpc) is 2.51. The van der Waals surface area contributed by atoms with E-state index in [-0.39, 0.29) is 16.2 Å². The molecule has 14 heavy (non-hydrogen) atoms. The molecule has 1 rings (SSSR count). The van der Waals surface area contributed by atoms with Crippen molar-refractivity contribution in [3.63, 3.8) is 0 Å². The van der Waals surface area contributed by atoms with Gasteiger partial charge in [0, 0.05) is 0 Å². The summed E-state index contributed by atoms with van der Waals surface area (Å²) in [5, 5.41) is 26.8. The summed E-state index contributed by atoms with van der Waals surface area (Å²) in [4.78, 5) is 0.154. The summed E-state index contributed by atoms with van der Waals surface area (Å²) in [6.07, 6.45) is 5.07. The van der Waals surface area contributed by atoms with E-state index in [2.05, 4.69) is 5.92 Å². The molecule has 0 saturated carbocycles. The van der Waals surface area contributed by atoms with Gasteiger partial charge >= 0.3 is 0 Å². The predicted molar refractivity (Wildman–Crippen MR) is 55.0 cm³/mol. The number of rotatable bonds is 2. The van der Waals surface area contributed by atoms with Crippen molar-refractivity contribution in [3.05, 3.63) is 10.4 Å². The van der Waals surface area contributed by atoms with E-state index in [1.807, 2.05) is 12.1 Å². The van der Waals surface area contributed by atoms with Gasteiger partial charge < -0.3 is 5.11 Å². The Hall–Kier alpha value is -1.61. The van der Waals surface area contributed by atoms with E-state index in [0.717, 1.165) is 11.3 Å². The van der Waals surface area contributed by atoms with Gasteiger partial charge in [0.1, 0.15) is 22.6 Å². The number of thiophene rings is 1. The minimum absolute atomic E-state index is 0.145. The molecule has 0 spiro atoms. The molecule has 0 aliphatic carbocycles. The third kappa shape index (κ3) is 1.83. The van der Waals surface area contributed by atoms with E-state index in [0.29, 0.717) is 9.96 Å². The SMILES string of the molecule is C#CCSc1sc(C#N)c(O)c1C#N. The lowest BCUT2D eigenvalue weighted by molar-refractivity contribution is 0.474. The maximum Gasteiger partial charge on any atom is 0.163 e. The summed E-state index contributed by atoms with van der Waals surface area (Å²) in [5.41, 5.74) is 0.145. The number of nitrogens with zero attached hydrogens (tertiary/aromatic N) is 2. The summed E-state index contributed by atoms with van der Waals surface area (Å²) in [6.45, 7) is 0. The van der Waals surface area contributed by atoms with Gasteiger partial charge in [-0.1, -0.05) is 5.92 Å². The van der Waals surface area contributed by atoms with Crippen LogP contribution in [-0.4, -0.2) is 10.9 Å². The van der Waals surface area contributed by atoms with Gasteiger partial charge in [0.2, 0.25) is 0 Å². The van der Waals surface area contributed by atoms with Crippen LogP contribution in [0.1, 0.15) is 10.4 Å². The van der Waals surface area contributed by atoms with E-state index in [4.69, 9.17) is 16.9 Å². The zero-order chi connectivity index (χ0) is 10.6. The van der Waals surface area contributed by atoms with E-state index in [1.54, 1.807) is 0 Å². The Labute approximate surface area is 89.6 Å². The van der Waals surface area contributed by atoms with Gasteiger partial charge in [-0.25, -0.2) is 0 Å². The second-order valence-electron chi connectivity index (χ2n) is 2.16. The van der Waals surface area contributed by atoms with Crippen LogP contribution < -0.4 is 0 Å². The van der Waals surface area contributed by atoms with Crippen molar-refractivity contribution in [1.82, 2.24) is 0 Å². The summed E-state index contributed by atoms with van der Waals surface area (Å²) < 4.78 is 0.597. The van der Waals surface area contributed by atoms with Crippen molar-refractivity contribution in [2.75, 3.05) is 5.75 Å². The molecule has 1 heterocycles. The first-order chi connectivity index (χ1) is 6.74. The van der Waals surface area contributed by atoms with Gasteiger partial charge in [-0.2, -0.15) is 10.5 Å². The molecule has 0 aliphatic rings. The predicted octanol–water partition coefficient (Wildman–Crippen LogP) is 1.92. The molecule has 0 saturated heterocycles. The van der Waals surface area contributed by atoms with Crippen molar-refractivity contribution in [2.45, 2.75) is 4.21 Å². The zero-order valence-corrected chi connectivity index (χ0v) is 8.58. The number of hydrogen-bond donors (Lipinski definition) is 1. The molecule has 0 fully saturated rings. The van der Waals surface area contributed by atoms with Crippen molar-refractivity contribution >= 4 is 23.1 Å². The monoisotopic (exact) mass is 220 g/mol. The highest BCUT2D eigenvalue weighted by Gasteiger charge is 2.17. The number of terminal acetylenes is 1.